The van der Waals surface area contributed by atoms with Gasteiger partial charge in [-0.3, -0.25) is 4.79 Å². The van der Waals surface area contributed by atoms with Gasteiger partial charge in [-0.15, -0.1) is 0 Å². The number of nitrogens with zero attached hydrogens (tertiary/aromatic N) is 1. The number of nitrogens with two attached hydrogens (primary N) is 1. The molecule has 0 spiro atoms. The van der Waals surface area contributed by atoms with Gasteiger partial charge in [-0.1, -0.05) is 30.3 Å². The van der Waals surface area contributed by atoms with Crippen LogP contribution in [0.1, 0.15) is 29.8 Å². The first-order chi connectivity index (χ1) is 9.99. The van der Waals surface area contributed by atoms with E-state index in [0.29, 0.717) is 17.8 Å². The van der Waals surface area contributed by atoms with Gasteiger partial charge in [0.2, 0.25) is 0 Å². The normalized spacial score (nSPS) is 10.7. The van der Waals surface area contributed by atoms with Gasteiger partial charge in [-0.2, -0.15) is 0 Å². The van der Waals surface area contributed by atoms with Crippen molar-refractivity contribution >= 4 is 27.5 Å². The minimum absolute atomic E-state index is 0.0203. The highest BCUT2D eigenvalue weighted by atomic mass is 79.9. The van der Waals surface area contributed by atoms with Crippen LogP contribution in [-0.4, -0.2) is 16.8 Å². The third-order valence-corrected chi connectivity index (χ3v) is 3.99. The number of benzene rings is 2. The first-order valence-electron chi connectivity index (χ1n) is 6.89. The number of hydrogen-bond donors (Lipinski definition) is 1. The van der Waals surface area contributed by atoms with Gasteiger partial charge >= 0.3 is 0 Å². The summed E-state index contributed by atoms with van der Waals surface area (Å²) in [6.45, 7) is 4.61. The number of halogens is 1. The molecule has 4 heteroatoms. The number of amides is 1. The van der Waals surface area contributed by atoms with Crippen LogP contribution < -0.4 is 5.73 Å². The van der Waals surface area contributed by atoms with Crippen LogP contribution in [0.5, 0.6) is 0 Å². The van der Waals surface area contributed by atoms with Crippen molar-refractivity contribution in [1.29, 1.82) is 0 Å². The molecule has 0 fully saturated rings. The van der Waals surface area contributed by atoms with Crippen molar-refractivity contribution in [1.82, 2.24) is 4.90 Å². The highest BCUT2D eigenvalue weighted by molar-refractivity contribution is 9.10. The van der Waals surface area contributed by atoms with Crippen molar-refractivity contribution in [2.24, 2.45) is 0 Å². The fraction of sp³-hybridized carbons (Fsp3) is 0.235. The van der Waals surface area contributed by atoms with E-state index in [-0.39, 0.29) is 11.9 Å². The van der Waals surface area contributed by atoms with E-state index in [2.05, 4.69) is 15.9 Å². The summed E-state index contributed by atoms with van der Waals surface area (Å²) in [5.74, 6) is -0.0203. The SMILES string of the molecule is CC(C)N(Cc1ccccc1)C(=O)c1cc(N)ccc1Br. The van der Waals surface area contributed by atoms with E-state index >= 15 is 0 Å². The topological polar surface area (TPSA) is 46.3 Å². The summed E-state index contributed by atoms with van der Waals surface area (Å²) >= 11 is 3.43. The molecule has 3 nitrogen and oxygen atoms in total. The molecule has 0 bridgehead atoms. The number of carbonyl (C=O) groups is 1. The van der Waals surface area contributed by atoms with Crippen LogP contribution in [0.2, 0.25) is 0 Å². The van der Waals surface area contributed by atoms with E-state index < -0.39 is 0 Å². The number of carbonyl (C=O) groups excluding carboxylic acids is 1. The zero-order valence-corrected chi connectivity index (χ0v) is 13.8. The van der Waals surface area contributed by atoms with Crippen LogP contribution in [0.15, 0.2) is 53.0 Å². The molecule has 0 aliphatic rings. The smallest absolute Gasteiger partial charge is 0.255 e. The molecule has 2 aromatic rings. The van der Waals surface area contributed by atoms with Crippen LogP contribution in [0.25, 0.3) is 0 Å². The lowest BCUT2D eigenvalue weighted by Gasteiger charge is -2.27. The predicted octanol–water partition coefficient (Wildman–Crippen LogP) is 4.08. The lowest BCUT2D eigenvalue weighted by atomic mass is 10.1. The molecule has 2 rings (SSSR count). The second kappa shape index (κ2) is 6.76. The maximum atomic E-state index is 12.8. The summed E-state index contributed by atoms with van der Waals surface area (Å²) in [4.78, 5) is 14.6. The zero-order valence-electron chi connectivity index (χ0n) is 12.2. The molecule has 0 unspecified atom stereocenters. The Morgan fingerprint density at radius 1 is 1.19 bits per heavy atom. The Hall–Kier alpha value is -1.81. The fourth-order valence-corrected chi connectivity index (χ4v) is 2.55. The molecule has 0 atom stereocenters. The van der Waals surface area contributed by atoms with Gasteiger partial charge in [-0.25, -0.2) is 0 Å². The van der Waals surface area contributed by atoms with Gasteiger partial charge in [0.25, 0.3) is 5.91 Å². The first kappa shape index (κ1) is 15.6. The van der Waals surface area contributed by atoms with Crippen LogP contribution in [-0.2, 0) is 6.54 Å². The van der Waals surface area contributed by atoms with Crippen LogP contribution in [0.3, 0.4) is 0 Å². The second-order valence-corrected chi connectivity index (χ2v) is 6.11. The Kier molecular flexibility index (Phi) is 5.02. The Bertz CT molecular complexity index is 626. The molecule has 0 aliphatic heterocycles. The molecule has 0 heterocycles. The van der Waals surface area contributed by atoms with Crippen LogP contribution in [0.4, 0.5) is 5.69 Å². The summed E-state index contributed by atoms with van der Waals surface area (Å²) < 4.78 is 0.764. The largest absolute Gasteiger partial charge is 0.399 e. The van der Waals surface area contributed by atoms with Gasteiger partial charge < -0.3 is 10.6 Å². The van der Waals surface area contributed by atoms with Gasteiger partial charge in [0, 0.05) is 22.7 Å². The summed E-state index contributed by atoms with van der Waals surface area (Å²) in [5, 5.41) is 0. The Labute approximate surface area is 133 Å². The predicted molar refractivity (Wildman–Crippen MR) is 90.0 cm³/mol. The number of anilines is 1. The van der Waals surface area contributed by atoms with E-state index in [1.165, 1.54) is 0 Å². The lowest BCUT2D eigenvalue weighted by molar-refractivity contribution is 0.0689. The average molecular weight is 347 g/mol. The van der Waals surface area contributed by atoms with Gasteiger partial charge in [0.1, 0.15) is 0 Å². The average Bonchev–Trinajstić information content (AvgIpc) is 2.47. The third kappa shape index (κ3) is 3.85. The number of rotatable bonds is 4. The molecule has 1 amide bonds. The molecule has 2 aromatic carbocycles. The maximum absolute atomic E-state index is 12.8. The molecule has 110 valence electrons. The van der Waals surface area contributed by atoms with Crippen molar-refractivity contribution in [3.05, 3.63) is 64.1 Å². The van der Waals surface area contributed by atoms with Gasteiger partial charge in [0.05, 0.1) is 5.56 Å². The molecule has 0 aliphatic carbocycles. The van der Waals surface area contributed by atoms with Crippen LogP contribution >= 0.6 is 15.9 Å². The van der Waals surface area contributed by atoms with Crippen molar-refractivity contribution < 1.29 is 4.79 Å². The summed E-state index contributed by atoms with van der Waals surface area (Å²) in [7, 11) is 0. The van der Waals surface area contributed by atoms with Gasteiger partial charge in [0.15, 0.2) is 0 Å². The molecule has 21 heavy (non-hydrogen) atoms. The molecular weight excluding hydrogens is 328 g/mol. The molecule has 0 saturated heterocycles. The quantitative estimate of drug-likeness (QED) is 0.847. The molecule has 2 N–H and O–H groups in total. The Balaban J connectivity index is 2.30. The summed E-state index contributed by atoms with van der Waals surface area (Å²) in [6.07, 6.45) is 0. The van der Waals surface area contributed by atoms with E-state index in [1.54, 1.807) is 12.1 Å². The summed E-state index contributed by atoms with van der Waals surface area (Å²) in [5.41, 5.74) is 8.10. The lowest BCUT2D eigenvalue weighted by Crippen LogP contribution is -2.36. The summed E-state index contributed by atoms with van der Waals surface area (Å²) in [6, 6.07) is 15.4. The Morgan fingerprint density at radius 2 is 1.86 bits per heavy atom. The standard InChI is InChI=1S/C17H19BrN2O/c1-12(2)20(11-13-6-4-3-5-7-13)17(21)15-10-14(19)8-9-16(15)18/h3-10,12H,11,19H2,1-2H3. The van der Waals surface area contributed by atoms with E-state index in [0.717, 1.165) is 10.0 Å². The minimum Gasteiger partial charge on any atom is -0.399 e. The van der Waals surface area contributed by atoms with Crippen molar-refractivity contribution in [3.8, 4) is 0 Å². The Morgan fingerprint density at radius 3 is 2.48 bits per heavy atom. The molecule has 0 aromatic heterocycles. The van der Waals surface area contributed by atoms with E-state index in [9.17, 15) is 4.79 Å². The van der Waals surface area contributed by atoms with E-state index in [1.807, 2.05) is 55.1 Å². The molecule has 0 radical (unpaired) electrons. The molecule has 0 saturated carbocycles. The fourth-order valence-electron chi connectivity index (χ4n) is 2.13. The minimum atomic E-state index is -0.0203. The highest BCUT2D eigenvalue weighted by Crippen LogP contribution is 2.23. The highest BCUT2D eigenvalue weighted by Gasteiger charge is 2.21. The monoisotopic (exact) mass is 346 g/mol. The second-order valence-electron chi connectivity index (χ2n) is 5.25. The molecular formula is C17H19BrN2O. The third-order valence-electron chi connectivity index (χ3n) is 3.30. The van der Waals surface area contributed by atoms with Crippen LogP contribution in [0, 0.1) is 0 Å². The number of hydrogen-bond acceptors (Lipinski definition) is 2. The zero-order chi connectivity index (χ0) is 15.4. The maximum Gasteiger partial charge on any atom is 0.255 e. The van der Waals surface area contributed by atoms with Gasteiger partial charge in [-0.05, 0) is 53.5 Å². The first-order valence-corrected chi connectivity index (χ1v) is 7.68. The van der Waals surface area contributed by atoms with Crippen molar-refractivity contribution in [2.75, 3.05) is 5.73 Å². The van der Waals surface area contributed by atoms with Crippen molar-refractivity contribution in [2.45, 2.75) is 26.4 Å². The van der Waals surface area contributed by atoms with E-state index in [4.69, 9.17) is 5.73 Å². The van der Waals surface area contributed by atoms with Crippen molar-refractivity contribution in [3.63, 3.8) is 0 Å². The number of nitrogen functional groups attached to an aromatic ring is 1.